The zero-order valence-electron chi connectivity index (χ0n) is 14.0. The molecule has 3 nitrogen and oxygen atoms in total. The molecule has 0 radical (unpaired) electrons. The molecule has 0 bridgehead atoms. The minimum absolute atomic E-state index is 0.231. The standard InChI is InChI=1S/C17H13F3N2O.C2H6/c18-17(19,20)11-22-14-9-5-4-8-13(14)16(21-10-15(22)23)12-6-2-1-3-7-12;1-2/h1-9H,10-11H2;1-2H3. The van der Waals surface area contributed by atoms with Gasteiger partial charge in [0, 0.05) is 11.1 Å². The Balaban J connectivity index is 0.00000109. The molecular weight excluding hydrogens is 329 g/mol. The summed E-state index contributed by atoms with van der Waals surface area (Å²) in [6.45, 7) is 2.37. The molecule has 132 valence electrons. The number of hydrogen-bond acceptors (Lipinski definition) is 2. The molecule has 1 amide bonds. The van der Waals surface area contributed by atoms with E-state index in [1.807, 2.05) is 44.2 Å². The number of anilines is 1. The number of carbonyl (C=O) groups excluding carboxylic acids is 1. The third-order valence-corrected chi connectivity index (χ3v) is 3.51. The van der Waals surface area contributed by atoms with Crippen LogP contribution in [0.1, 0.15) is 25.0 Å². The monoisotopic (exact) mass is 348 g/mol. The number of benzodiazepines with no additional fused rings is 1. The Morgan fingerprint density at radius 1 is 1.00 bits per heavy atom. The van der Waals surface area contributed by atoms with Crippen LogP contribution < -0.4 is 4.90 Å². The van der Waals surface area contributed by atoms with Gasteiger partial charge in [0.05, 0.1) is 11.4 Å². The Labute approximate surface area is 144 Å². The van der Waals surface area contributed by atoms with Crippen LogP contribution in [0.2, 0.25) is 0 Å². The van der Waals surface area contributed by atoms with E-state index in [0.29, 0.717) is 11.3 Å². The zero-order valence-corrected chi connectivity index (χ0v) is 14.0. The van der Waals surface area contributed by atoms with Crippen LogP contribution in [0.4, 0.5) is 18.9 Å². The zero-order chi connectivity index (χ0) is 18.4. The van der Waals surface area contributed by atoms with Crippen molar-refractivity contribution in [2.24, 2.45) is 4.99 Å². The number of hydrogen-bond donors (Lipinski definition) is 0. The van der Waals surface area contributed by atoms with E-state index in [1.54, 1.807) is 18.2 Å². The molecule has 0 N–H and O–H groups in total. The topological polar surface area (TPSA) is 32.7 Å². The molecule has 0 fully saturated rings. The van der Waals surface area contributed by atoms with Crippen molar-refractivity contribution in [2.75, 3.05) is 18.0 Å². The van der Waals surface area contributed by atoms with Crippen molar-refractivity contribution in [1.82, 2.24) is 0 Å². The largest absolute Gasteiger partial charge is 0.406 e. The predicted molar refractivity (Wildman–Crippen MR) is 93.1 cm³/mol. The lowest BCUT2D eigenvalue weighted by Gasteiger charge is -2.24. The highest BCUT2D eigenvalue weighted by molar-refractivity contribution is 6.19. The van der Waals surface area contributed by atoms with Crippen LogP contribution >= 0.6 is 0 Å². The molecule has 1 aliphatic rings. The molecule has 2 aromatic rings. The quantitative estimate of drug-likeness (QED) is 0.789. The second-order valence-corrected chi connectivity index (χ2v) is 5.14. The third kappa shape index (κ3) is 4.47. The number of aliphatic imine (C=N–C) groups is 1. The normalized spacial score (nSPS) is 14.0. The Morgan fingerprint density at radius 3 is 2.24 bits per heavy atom. The Bertz CT molecular complexity index is 755. The average molecular weight is 348 g/mol. The van der Waals surface area contributed by atoms with Crippen molar-refractivity contribution in [2.45, 2.75) is 20.0 Å². The number of carbonyl (C=O) groups is 1. The highest BCUT2D eigenvalue weighted by Crippen LogP contribution is 2.29. The predicted octanol–water partition coefficient (Wildman–Crippen LogP) is 4.46. The summed E-state index contributed by atoms with van der Waals surface area (Å²) in [7, 11) is 0. The fourth-order valence-electron chi connectivity index (χ4n) is 2.56. The number of amides is 1. The summed E-state index contributed by atoms with van der Waals surface area (Å²) in [5.74, 6) is -0.666. The molecule has 0 aromatic heterocycles. The lowest BCUT2D eigenvalue weighted by atomic mass is 10.0. The molecule has 25 heavy (non-hydrogen) atoms. The Morgan fingerprint density at radius 2 is 1.60 bits per heavy atom. The maximum Gasteiger partial charge on any atom is 0.406 e. The van der Waals surface area contributed by atoms with Gasteiger partial charge in [0.25, 0.3) is 0 Å². The molecule has 0 atom stereocenters. The molecule has 0 spiro atoms. The molecule has 0 aliphatic carbocycles. The van der Waals surface area contributed by atoms with Crippen molar-refractivity contribution < 1.29 is 18.0 Å². The molecule has 0 saturated heterocycles. The van der Waals surface area contributed by atoms with E-state index in [-0.39, 0.29) is 12.2 Å². The number of benzene rings is 2. The van der Waals surface area contributed by atoms with Gasteiger partial charge in [-0.1, -0.05) is 62.4 Å². The Kier molecular flexibility index (Phi) is 5.96. The molecule has 6 heteroatoms. The van der Waals surface area contributed by atoms with Crippen LogP contribution in [0.25, 0.3) is 0 Å². The first kappa shape index (κ1) is 18.7. The van der Waals surface area contributed by atoms with Crippen molar-refractivity contribution in [1.29, 1.82) is 0 Å². The Hall–Kier alpha value is -2.63. The van der Waals surface area contributed by atoms with E-state index in [9.17, 15) is 18.0 Å². The minimum Gasteiger partial charge on any atom is -0.301 e. The lowest BCUT2D eigenvalue weighted by Crippen LogP contribution is -2.40. The van der Waals surface area contributed by atoms with Gasteiger partial charge in [0.2, 0.25) is 5.91 Å². The van der Waals surface area contributed by atoms with Gasteiger partial charge in [0.1, 0.15) is 13.1 Å². The number of nitrogens with zero attached hydrogens (tertiary/aromatic N) is 2. The van der Waals surface area contributed by atoms with E-state index in [4.69, 9.17) is 0 Å². The molecule has 1 heterocycles. The summed E-state index contributed by atoms with van der Waals surface area (Å²) in [4.78, 5) is 17.2. The van der Waals surface area contributed by atoms with Crippen LogP contribution in [0, 0.1) is 0 Å². The molecule has 1 aliphatic heterocycles. The minimum atomic E-state index is -4.47. The van der Waals surface area contributed by atoms with Crippen molar-refractivity contribution in [3.8, 4) is 0 Å². The molecule has 0 unspecified atom stereocenters. The summed E-state index contributed by atoms with van der Waals surface area (Å²) in [6.07, 6.45) is -4.47. The van der Waals surface area contributed by atoms with Gasteiger partial charge in [0.15, 0.2) is 0 Å². The summed E-state index contributed by atoms with van der Waals surface area (Å²) in [6, 6.07) is 15.7. The van der Waals surface area contributed by atoms with Crippen LogP contribution in [-0.2, 0) is 4.79 Å². The van der Waals surface area contributed by atoms with Gasteiger partial charge in [-0.15, -0.1) is 0 Å². The van der Waals surface area contributed by atoms with E-state index in [1.165, 1.54) is 6.07 Å². The van der Waals surface area contributed by atoms with E-state index in [2.05, 4.69) is 4.99 Å². The summed E-state index contributed by atoms with van der Waals surface area (Å²) < 4.78 is 38.5. The van der Waals surface area contributed by atoms with Crippen LogP contribution in [0.5, 0.6) is 0 Å². The molecule has 2 aromatic carbocycles. The summed E-state index contributed by atoms with van der Waals surface area (Å²) >= 11 is 0. The summed E-state index contributed by atoms with van der Waals surface area (Å²) in [5, 5.41) is 0. The summed E-state index contributed by atoms with van der Waals surface area (Å²) in [5.41, 5.74) is 2.05. The van der Waals surface area contributed by atoms with E-state index < -0.39 is 18.6 Å². The number of para-hydroxylation sites is 1. The van der Waals surface area contributed by atoms with Crippen LogP contribution in [0.3, 0.4) is 0 Å². The van der Waals surface area contributed by atoms with Gasteiger partial charge >= 0.3 is 6.18 Å². The van der Waals surface area contributed by atoms with Crippen LogP contribution in [0.15, 0.2) is 59.6 Å². The van der Waals surface area contributed by atoms with Gasteiger partial charge in [-0.25, -0.2) is 0 Å². The molecular formula is C19H19F3N2O. The second kappa shape index (κ2) is 7.96. The van der Waals surface area contributed by atoms with Crippen molar-refractivity contribution >= 4 is 17.3 Å². The first-order valence-corrected chi connectivity index (χ1v) is 8.02. The lowest BCUT2D eigenvalue weighted by molar-refractivity contribution is -0.131. The van der Waals surface area contributed by atoms with E-state index >= 15 is 0 Å². The number of fused-ring (bicyclic) bond motifs is 1. The molecule has 0 saturated carbocycles. The fraction of sp³-hybridized carbons (Fsp3) is 0.263. The SMILES string of the molecule is CC.O=C1CN=C(c2ccccc2)c2ccccc2N1CC(F)(F)F. The van der Waals surface area contributed by atoms with E-state index in [0.717, 1.165) is 10.5 Å². The first-order chi connectivity index (χ1) is 12.0. The second-order valence-electron chi connectivity index (χ2n) is 5.14. The highest BCUT2D eigenvalue weighted by atomic mass is 19.4. The van der Waals surface area contributed by atoms with Gasteiger partial charge in [-0.2, -0.15) is 13.2 Å². The molecule has 3 rings (SSSR count). The van der Waals surface area contributed by atoms with Gasteiger partial charge in [-0.3, -0.25) is 9.79 Å². The smallest absolute Gasteiger partial charge is 0.301 e. The third-order valence-electron chi connectivity index (χ3n) is 3.51. The first-order valence-electron chi connectivity index (χ1n) is 8.02. The number of halogens is 3. The van der Waals surface area contributed by atoms with Crippen molar-refractivity contribution in [3.63, 3.8) is 0 Å². The van der Waals surface area contributed by atoms with Crippen molar-refractivity contribution in [3.05, 3.63) is 65.7 Å². The average Bonchev–Trinajstić information content (AvgIpc) is 2.74. The van der Waals surface area contributed by atoms with Crippen LogP contribution in [-0.4, -0.2) is 30.9 Å². The number of rotatable bonds is 2. The maximum atomic E-state index is 12.8. The fourth-order valence-corrected chi connectivity index (χ4v) is 2.56. The van der Waals surface area contributed by atoms with Gasteiger partial charge < -0.3 is 4.90 Å². The van der Waals surface area contributed by atoms with Gasteiger partial charge in [-0.05, 0) is 6.07 Å². The number of alkyl halides is 3. The maximum absolute atomic E-state index is 12.8. The highest BCUT2D eigenvalue weighted by Gasteiger charge is 2.36.